The average molecular weight is 460 g/mol. The minimum atomic E-state index is -0.0675. The molecule has 16 heavy (non-hydrogen) atoms. The molecule has 0 saturated carbocycles. The Balaban J connectivity index is 2.19. The molecular weight excluding hydrogens is 445 g/mol. The fourth-order valence-corrected chi connectivity index (χ4v) is 4.96. The van der Waals surface area contributed by atoms with Crippen molar-refractivity contribution in [3.8, 4) is 0 Å². The van der Waals surface area contributed by atoms with Gasteiger partial charge >= 0.3 is 0 Å². The molecule has 0 aliphatic carbocycles. The van der Waals surface area contributed by atoms with Gasteiger partial charge in [-0.1, -0.05) is 18.2 Å². The van der Waals surface area contributed by atoms with E-state index >= 15 is 0 Å². The molecule has 0 spiro atoms. The van der Waals surface area contributed by atoms with E-state index in [9.17, 15) is 0 Å². The molecule has 0 unspecified atom stereocenters. The Hall–Kier alpha value is 0.870. The third kappa shape index (κ3) is 3.21. The lowest BCUT2D eigenvalue weighted by atomic mass is 10.2. The Morgan fingerprint density at radius 2 is 1.69 bits per heavy atom. The van der Waals surface area contributed by atoms with Gasteiger partial charge in [0, 0.05) is 37.2 Å². The summed E-state index contributed by atoms with van der Waals surface area (Å²) in [5.41, 5.74) is 1.45. The summed E-state index contributed by atoms with van der Waals surface area (Å²) in [4.78, 5) is 4.93. The molecule has 0 aromatic heterocycles. The molecule has 1 aliphatic rings. The van der Waals surface area contributed by atoms with Crippen LogP contribution in [0.1, 0.15) is 0 Å². The number of hydrogen-bond donors (Lipinski definition) is 0. The van der Waals surface area contributed by atoms with Crippen molar-refractivity contribution in [2.75, 3.05) is 38.1 Å². The molecular formula is C11H15I2N2P. The number of anilines is 1. The Morgan fingerprint density at radius 1 is 1.06 bits per heavy atom. The molecule has 0 amide bonds. The van der Waals surface area contributed by atoms with Crippen LogP contribution in [0.2, 0.25) is 0 Å². The largest absolute Gasteiger partial charge is 0.368 e. The number of para-hydroxylation sites is 1. The molecule has 2 nitrogen and oxygen atoms in total. The molecule has 1 fully saturated rings. The number of piperazine rings is 1. The molecule has 0 bridgehead atoms. The van der Waals surface area contributed by atoms with Crippen LogP contribution in [0.15, 0.2) is 24.3 Å². The van der Waals surface area contributed by atoms with Crippen LogP contribution in [0.25, 0.3) is 0 Å². The van der Waals surface area contributed by atoms with E-state index in [2.05, 4.69) is 85.2 Å². The molecule has 0 radical (unpaired) electrons. The van der Waals surface area contributed by atoms with Gasteiger partial charge in [-0.25, -0.2) is 0 Å². The van der Waals surface area contributed by atoms with Gasteiger partial charge in [0.2, 0.25) is 0 Å². The number of nitrogens with zero attached hydrogens (tertiary/aromatic N) is 2. The zero-order chi connectivity index (χ0) is 11.5. The lowest BCUT2D eigenvalue weighted by Gasteiger charge is -2.35. The summed E-state index contributed by atoms with van der Waals surface area (Å²) in [6.07, 6.45) is 0. The van der Waals surface area contributed by atoms with Crippen molar-refractivity contribution in [1.82, 2.24) is 4.90 Å². The molecule has 1 aromatic carbocycles. The van der Waals surface area contributed by atoms with Crippen LogP contribution in [0, 0.1) is 0 Å². The van der Waals surface area contributed by atoms with Crippen molar-refractivity contribution in [2.24, 2.45) is 0 Å². The van der Waals surface area contributed by atoms with Crippen LogP contribution in [-0.2, 0) is 0 Å². The van der Waals surface area contributed by atoms with Crippen molar-refractivity contribution >= 4 is 58.3 Å². The second-order valence-corrected chi connectivity index (χ2v) is 16.3. The first-order chi connectivity index (χ1) is 7.68. The minimum Gasteiger partial charge on any atom is -0.368 e. The molecule has 0 N–H and O–H groups in total. The molecule has 88 valence electrons. The second kappa shape index (κ2) is 6.16. The molecule has 5 heteroatoms. The van der Waals surface area contributed by atoms with Gasteiger partial charge < -0.3 is 9.80 Å². The van der Waals surface area contributed by atoms with Gasteiger partial charge in [0.05, 0.1) is 3.21 Å². The number of halogens is 2. The number of rotatable bonds is 2. The van der Waals surface area contributed by atoms with E-state index in [0.29, 0.717) is 0 Å². The third-order valence-electron chi connectivity index (χ3n) is 2.91. The van der Waals surface area contributed by atoms with E-state index < -0.39 is 0 Å². The van der Waals surface area contributed by atoms with Gasteiger partial charge in [-0.2, -0.15) is 0 Å². The second-order valence-electron chi connectivity index (χ2n) is 4.01. The highest BCUT2D eigenvalue weighted by molar-refractivity contribution is 14.3. The van der Waals surface area contributed by atoms with Gasteiger partial charge in [-0.3, -0.25) is 0 Å². The maximum atomic E-state index is 2.55. The van der Waals surface area contributed by atoms with Crippen LogP contribution >= 0.6 is 47.3 Å². The summed E-state index contributed by atoms with van der Waals surface area (Å²) in [6.45, 7) is 4.66. The molecule has 1 aromatic rings. The summed E-state index contributed by atoms with van der Waals surface area (Å²) in [6, 6.07) is 8.86. The summed E-state index contributed by atoms with van der Waals surface area (Å²) in [5.74, 6) is 0. The predicted octanol–water partition coefficient (Wildman–Crippen LogP) is 3.25. The van der Waals surface area contributed by atoms with E-state index in [0.717, 1.165) is 13.1 Å². The van der Waals surface area contributed by atoms with Crippen molar-refractivity contribution in [3.05, 3.63) is 24.3 Å². The fraction of sp³-hybridized carbons (Fsp3) is 0.455. The Bertz CT molecular complexity index is 352. The number of benzene rings is 1. The SMILES string of the molecule is CN1CCN(c2ccccc2P(I)I)CC1. The number of hydrogen-bond acceptors (Lipinski definition) is 2. The molecule has 2 rings (SSSR count). The lowest BCUT2D eigenvalue weighted by Crippen LogP contribution is -2.45. The zero-order valence-electron chi connectivity index (χ0n) is 9.24. The van der Waals surface area contributed by atoms with Crippen molar-refractivity contribution in [2.45, 2.75) is 0 Å². The van der Waals surface area contributed by atoms with Gasteiger partial charge in [-0.15, -0.1) is 0 Å². The van der Waals surface area contributed by atoms with E-state index in [1.165, 1.54) is 24.1 Å². The molecule has 1 aliphatic heterocycles. The summed E-state index contributed by atoms with van der Waals surface area (Å²) in [5, 5.41) is 1.52. The number of likely N-dealkylation sites (N-methyl/N-ethyl adjacent to an activating group) is 1. The third-order valence-corrected chi connectivity index (χ3v) is 6.77. The first-order valence-electron chi connectivity index (χ1n) is 5.32. The van der Waals surface area contributed by atoms with Gasteiger partial charge in [0.15, 0.2) is 0 Å². The highest BCUT2D eigenvalue weighted by atomic mass is 127. The van der Waals surface area contributed by atoms with Gasteiger partial charge in [0.25, 0.3) is 0 Å². The summed E-state index contributed by atoms with van der Waals surface area (Å²) >= 11 is 5.10. The van der Waals surface area contributed by atoms with Gasteiger partial charge in [-0.05, 0) is 57.2 Å². The first kappa shape index (κ1) is 13.3. The predicted molar refractivity (Wildman–Crippen MR) is 90.7 cm³/mol. The molecule has 0 atom stereocenters. The van der Waals surface area contributed by atoms with Crippen LogP contribution in [0.5, 0.6) is 0 Å². The Kier molecular flexibility index (Phi) is 5.12. The maximum Gasteiger partial charge on any atom is 0.0575 e. The standard InChI is InChI=1S/C11H15I2N2P/c1-14-6-8-15(9-7-14)10-4-2-3-5-11(10)16(12)13/h2-5H,6-9H2,1H3. The smallest absolute Gasteiger partial charge is 0.0575 e. The van der Waals surface area contributed by atoms with E-state index in [1.54, 1.807) is 0 Å². The first-order valence-corrected chi connectivity index (χ1v) is 12.2. The van der Waals surface area contributed by atoms with Crippen molar-refractivity contribution in [3.63, 3.8) is 0 Å². The Morgan fingerprint density at radius 3 is 2.31 bits per heavy atom. The van der Waals surface area contributed by atoms with E-state index in [-0.39, 0.29) is 3.21 Å². The minimum absolute atomic E-state index is 0.0675. The van der Waals surface area contributed by atoms with E-state index in [4.69, 9.17) is 0 Å². The van der Waals surface area contributed by atoms with Gasteiger partial charge in [0.1, 0.15) is 0 Å². The average Bonchev–Trinajstić information content (AvgIpc) is 2.30. The van der Waals surface area contributed by atoms with Crippen LogP contribution in [0.4, 0.5) is 5.69 Å². The highest BCUT2D eigenvalue weighted by Crippen LogP contribution is 2.54. The Labute approximate surface area is 124 Å². The quantitative estimate of drug-likeness (QED) is 0.495. The van der Waals surface area contributed by atoms with E-state index in [1.807, 2.05) is 0 Å². The van der Waals surface area contributed by atoms with Crippen LogP contribution in [0.3, 0.4) is 0 Å². The highest BCUT2D eigenvalue weighted by Gasteiger charge is 2.18. The van der Waals surface area contributed by atoms with Crippen molar-refractivity contribution in [1.29, 1.82) is 0 Å². The zero-order valence-corrected chi connectivity index (χ0v) is 14.4. The van der Waals surface area contributed by atoms with Crippen LogP contribution in [-0.4, -0.2) is 38.1 Å². The topological polar surface area (TPSA) is 6.48 Å². The fourth-order valence-electron chi connectivity index (χ4n) is 1.92. The molecule has 1 saturated heterocycles. The summed E-state index contributed by atoms with van der Waals surface area (Å²) in [7, 11) is 2.20. The normalized spacial score (nSPS) is 18.1. The monoisotopic (exact) mass is 460 g/mol. The maximum absolute atomic E-state index is 2.55. The van der Waals surface area contributed by atoms with Crippen LogP contribution < -0.4 is 10.2 Å². The van der Waals surface area contributed by atoms with Crippen molar-refractivity contribution < 1.29 is 0 Å². The lowest BCUT2D eigenvalue weighted by molar-refractivity contribution is 0.313. The summed E-state index contributed by atoms with van der Waals surface area (Å²) < 4.78 is -0.0675. The molecule has 1 heterocycles.